The van der Waals surface area contributed by atoms with Crippen LogP contribution in [0.4, 0.5) is 8.78 Å². The van der Waals surface area contributed by atoms with Crippen LogP contribution < -0.4 is 0 Å². The number of carboxylic acids is 1. The summed E-state index contributed by atoms with van der Waals surface area (Å²) in [5, 5.41) is 18.7. The molecule has 0 aliphatic heterocycles. The molecule has 4 nitrogen and oxygen atoms in total. The van der Waals surface area contributed by atoms with Gasteiger partial charge in [-0.15, -0.1) is 0 Å². The molecule has 0 aromatic rings. The molecule has 0 bridgehead atoms. The fourth-order valence-corrected chi connectivity index (χ4v) is 1.88. The topological polar surface area (TPSA) is 66.8 Å². The van der Waals surface area contributed by atoms with Gasteiger partial charge in [-0.2, -0.15) is 0 Å². The Bertz CT molecular complexity index is 237. The molecule has 1 aliphatic carbocycles. The van der Waals surface area contributed by atoms with Gasteiger partial charge in [-0.05, 0) is 25.7 Å². The van der Waals surface area contributed by atoms with Gasteiger partial charge < -0.3 is 14.9 Å². The zero-order valence-electron chi connectivity index (χ0n) is 8.86. The van der Waals surface area contributed by atoms with Gasteiger partial charge in [-0.1, -0.05) is 0 Å². The summed E-state index contributed by atoms with van der Waals surface area (Å²) in [6.45, 7) is -0.839. The molecule has 1 fully saturated rings. The first-order valence-electron chi connectivity index (χ1n) is 5.24. The second kappa shape index (κ2) is 5.54. The summed E-state index contributed by atoms with van der Waals surface area (Å²) in [7, 11) is 0. The zero-order valence-corrected chi connectivity index (χ0v) is 8.86. The summed E-state index contributed by atoms with van der Waals surface area (Å²) >= 11 is 0. The number of carbonyl (C=O) groups is 1. The number of ether oxygens (including phenoxy) is 1. The smallest absolute Gasteiger partial charge is 0.306 e. The van der Waals surface area contributed by atoms with Crippen LogP contribution in [0.2, 0.25) is 0 Å². The van der Waals surface area contributed by atoms with E-state index in [-0.39, 0.29) is 19.4 Å². The van der Waals surface area contributed by atoms with Gasteiger partial charge in [0.05, 0.1) is 18.1 Å². The number of aliphatic hydroxyl groups is 1. The van der Waals surface area contributed by atoms with Gasteiger partial charge in [0.25, 0.3) is 6.43 Å². The molecule has 16 heavy (non-hydrogen) atoms. The minimum Gasteiger partial charge on any atom is -0.481 e. The van der Waals surface area contributed by atoms with E-state index in [9.17, 15) is 18.7 Å². The molecule has 0 heterocycles. The predicted molar refractivity (Wildman–Crippen MR) is 51.4 cm³/mol. The Labute approximate surface area is 92.2 Å². The number of hydrogen-bond acceptors (Lipinski definition) is 3. The Morgan fingerprint density at radius 3 is 2.44 bits per heavy atom. The van der Waals surface area contributed by atoms with Gasteiger partial charge in [0.15, 0.2) is 0 Å². The standard InChI is InChI=1S/C10H16F2O4/c11-8(12)5-16-6-10(15)3-1-7(2-4-10)9(13)14/h7-8,15H,1-6H2,(H,13,14). The van der Waals surface area contributed by atoms with Crippen molar-refractivity contribution >= 4 is 5.97 Å². The fraction of sp³-hybridized carbons (Fsp3) is 0.900. The normalized spacial score (nSPS) is 30.6. The predicted octanol–water partition coefficient (Wildman–Crippen LogP) is 1.27. The Kier molecular flexibility index (Phi) is 4.61. The van der Waals surface area contributed by atoms with Crippen molar-refractivity contribution in [1.29, 1.82) is 0 Å². The van der Waals surface area contributed by atoms with Crippen LogP contribution in [0.15, 0.2) is 0 Å². The maximum absolute atomic E-state index is 11.8. The van der Waals surface area contributed by atoms with E-state index in [4.69, 9.17) is 5.11 Å². The van der Waals surface area contributed by atoms with Crippen molar-refractivity contribution < 1.29 is 28.5 Å². The number of aliphatic carboxylic acids is 1. The van der Waals surface area contributed by atoms with Crippen LogP contribution in [0.5, 0.6) is 0 Å². The highest BCUT2D eigenvalue weighted by Gasteiger charge is 2.36. The highest BCUT2D eigenvalue weighted by Crippen LogP contribution is 2.32. The lowest BCUT2D eigenvalue weighted by atomic mass is 9.79. The van der Waals surface area contributed by atoms with Gasteiger partial charge >= 0.3 is 5.97 Å². The van der Waals surface area contributed by atoms with Crippen LogP contribution >= 0.6 is 0 Å². The molecule has 0 saturated heterocycles. The van der Waals surface area contributed by atoms with Crippen molar-refractivity contribution in [1.82, 2.24) is 0 Å². The number of rotatable bonds is 5. The average molecular weight is 238 g/mol. The molecule has 0 unspecified atom stereocenters. The van der Waals surface area contributed by atoms with Crippen molar-refractivity contribution in [3.63, 3.8) is 0 Å². The van der Waals surface area contributed by atoms with E-state index >= 15 is 0 Å². The van der Waals surface area contributed by atoms with Crippen molar-refractivity contribution in [2.75, 3.05) is 13.2 Å². The van der Waals surface area contributed by atoms with Crippen LogP contribution in [0, 0.1) is 5.92 Å². The second-order valence-corrected chi connectivity index (χ2v) is 4.24. The first-order valence-corrected chi connectivity index (χ1v) is 5.24. The lowest BCUT2D eigenvalue weighted by Gasteiger charge is -2.34. The SMILES string of the molecule is O=C(O)C1CCC(O)(COCC(F)F)CC1. The molecule has 0 amide bonds. The van der Waals surface area contributed by atoms with Gasteiger partial charge in [0.2, 0.25) is 0 Å². The van der Waals surface area contributed by atoms with Crippen LogP contribution in [0.25, 0.3) is 0 Å². The minimum absolute atomic E-state index is 0.149. The van der Waals surface area contributed by atoms with Gasteiger partial charge in [-0.25, -0.2) is 8.78 Å². The molecule has 6 heteroatoms. The Morgan fingerprint density at radius 2 is 2.00 bits per heavy atom. The summed E-state index contributed by atoms with van der Waals surface area (Å²) < 4.78 is 28.3. The summed E-state index contributed by atoms with van der Waals surface area (Å²) in [4.78, 5) is 10.7. The van der Waals surface area contributed by atoms with Crippen molar-refractivity contribution in [3.8, 4) is 0 Å². The number of hydrogen-bond donors (Lipinski definition) is 2. The monoisotopic (exact) mass is 238 g/mol. The summed E-state index contributed by atoms with van der Waals surface area (Å²) in [6.07, 6.45) is -1.24. The third kappa shape index (κ3) is 4.02. The first-order chi connectivity index (χ1) is 7.43. The zero-order chi connectivity index (χ0) is 12.2. The van der Waals surface area contributed by atoms with Gasteiger partial charge in [0, 0.05) is 0 Å². The third-order valence-corrected chi connectivity index (χ3v) is 2.88. The molecule has 0 radical (unpaired) electrons. The van der Waals surface area contributed by atoms with E-state index in [1.54, 1.807) is 0 Å². The Hall–Kier alpha value is -0.750. The third-order valence-electron chi connectivity index (χ3n) is 2.88. The maximum atomic E-state index is 11.8. The first kappa shape index (κ1) is 13.3. The molecule has 1 rings (SSSR count). The fourth-order valence-electron chi connectivity index (χ4n) is 1.88. The molecule has 0 atom stereocenters. The molecule has 0 aromatic heterocycles. The van der Waals surface area contributed by atoms with Crippen molar-refractivity contribution in [2.24, 2.45) is 5.92 Å². The molecule has 0 aromatic carbocycles. The van der Waals surface area contributed by atoms with Crippen molar-refractivity contribution in [2.45, 2.75) is 37.7 Å². The minimum atomic E-state index is -2.54. The molecular formula is C10H16F2O4. The lowest BCUT2D eigenvalue weighted by Crippen LogP contribution is -2.40. The quantitative estimate of drug-likeness (QED) is 0.757. The number of halogens is 2. The largest absolute Gasteiger partial charge is 0.481 e. The molecule has 0 spiro atoms. The summed E-state index contributed by atoms with van der Waals surface area (Å²) in [5.74, 6) is -1.30. The van der Waals surface area contributed by atoms with E-state index in [2.05, 4.69) is 4.74 Å². The number of alkyl halides is 2. The molecule has 2 N–H and O–H groups in total. The highest BCUT2D eigenvalue weighted by atomic mass is 19.3. The van der Waals surface area contributed by atoms with Gasteiger partial charge in [0.1, 0.15) is 6.61 Å². The average Bonchev–Trinajstić information content (AvgIpc) is 2.17. The highest BCUT2D eigenvalue weighted by molar-refractivity contribution is 5.70. The Balaban J connectivity index is 2.29. The maximum Gasteiger partial charge on any atom is 0.306 e. The molecular weight excluding hydrogens is 222 g/mol. The Morgan fingerprint density at radius 1 is 1.44 bits per heavy atom. The summed E-state index contributed by atoms with van der Waals surface area (Å²) in [5.41, 5.74) is -1.14. The van der Waals surface area contributed by atoms with Crippen LogP contribution in [0.3, 0.4) is 0 Å². The molecule has 94 valence electrons. The van der Waals surface area contributed by atoms with Crippen molar-refractivity contribution in [3.05, 3.63) is 0 Å². The lowest BCUT2D eigenvalue weighted by molar-refractivity contribution is -0.146. The van der Waals surface area contributed by atoms with Gasteiger partial charge in [-0.3, -0.25) is 4.79 Å². The van der Waals surface area contributed by atoms with E-state index in [0.29, 0.717) is 12.8 Å². The van der Waals surface area contributed by atoms with E-state index in [0.717, 1.165) is 0 Å². The van der Waals surface area contributed by atoms with E-state index in [1.807, 2.05) is 0 Å². The number of carboxylic acid groups (broad SMARTS) is 1. The van der Waals surface area contributed by atoms with Crippen LogP contribution in [-0.2, 0) is 9.53 Å². The van der Waals surface area contributed by atoms with Crippen LogP contribution in [-0.4, -0.2) is 41.4 Å². The summed E-state index contributed by atoms with van der Waals surface area (Å²) in [6, 6.07) is 0. The second-order valence-electron chi connectivity index (χ2n) is 4.24. The molecule has 1 aliphatic rings. The van der Waals surface area contributed by atoms with E-state index in [1.165, 1.54) is 0 Å². The van der Waals surface area contributed by atoms with E-state index < -0.39 is 30.5 Å². The molecule has 1 saturated carbocycles. The van der Waals surface area contributed by atoms with Crippen LogP contribution in [0.1, 0.15) is 25.7 Å².